The first-order valence-corrected chi connectivity index (χ1v) is 12.8. The van der Waals surface area contributed by atoms with Crippen LogP contribution in [0.5, 0.6) is 0 Å². The highest BCUT2D eigenvalue weighted by Crippen LogP contribution is 2.44. The lowest BCUT2D eigenvalue weighted by molar-refractivity contribution is -0.142. The first-order chi connectivity index (χ1) is 17.0. The molecule has 0 spiro atoms. The maximum atomic E-state index is 13.8. The number of carbonyl (C=O) groups is 1. The first kappa shape index (κ1) is 26.5. The zero-order valence-corrected chi connectivity index (χ0v) is 20.7. The van der Waals surface area contributed by atoms with Gasteiger partial charge in [-0.05, 0) is 69.1 Å². The van der Waals surface area contributed by atoms with Gasteiger partial charge in [0.15, 0.2) is 5.69 Å². The summed E-state index contributed by atoms with van der Waals surface area (Å²) in [6.07, 6.45) is 2.30. The van der Waals surface area contributed by atoms with Gasteiger partial charge in [-0.2, -0.15) is 18.3 Å². The third-order valence-electron chi connectivity index (χ3n) is 7.87. The van der Waals surface area contributed by atoms with Gasteiger partial charge < -0.3 is 9.73 Å². The fourth-order valence-electron chi connectivity index (χ4n) is 5.94. The number of carbonyl (C=O) groups excluding carboxylic acids is 1. The summed E-state index contributed by atoms with van der Waals surface area (Å²) in [6, 6.07) is 0. The molecule has 2 heterocycles. The fraction of sp³-hybridized carbons (Fsp3) is 0.720. The normalized spacial score (nSPS) is 29.3. The number of alkyl halides is 4. The number of hydrogen-bond acceptors (Lipinski definition) is 4. The van der Waals surface area contributed by atoms with Crippen molar-refractivity contribution in [2.75, 3.05) is 6.54 Å². The van der Waals surface area contributed by atoms with Gasteiger partial charge in [0, 0.05) is 43.5 Å². The SMILES string of the molecule is CCn1cc(C2CC(Cn3ccoc3=N)CC(C(=O)NCC3CCC(F)C(C)C3)C2)c(C(F)(F)F)n1. The van der Waals surface area contributed by atoms with Gasteiger partial charge in [-0.25, -0.2) is 4.39 Å². The lowest BCUT2D eigenvalue weighted by Crippen LogP contribution is -2.40. The van der Waals surface area contributed by atoms with E-state index in [9.17, 15) is 22.4 Å². The van der Waals surface area contributed by atoms with E-state index in [4.69, 9.17) is 9.83 Å². The van der Waals surface area contributed by atoms with Gasteiger partial charge in [-0.3, -0.25) is 19.5 Å². The highest BCUT2D eigenvalue weighted by atomic mass is 19.4. The van der Waals surface area contributed by atoms with Crippen LogP contribution in [-0.2, 0) is 24.1 Å². The molecule has 7 nitrogen and oxygen atoms in total. The maximum Gasteiger partial charge on any atom is 0.435 e. The number of halogens is 4. The molecule has 0 aliphatic heterocycles. The van der Waals surface area contributed by atoms with Crippen molar-refractivity contribution in [3.05, 3.63) is 35.6 Å². The highest BCUT2D eigenvalue weighted by molar-refractivity contribution is 5.78. The van der Waals surface area contributed by atoms with Crippen LogP contribution in [0.2, 0.25) is 0 Å². The van der Waals surface area contributed by atoms with E-state index in [1.807, 2.05) is 6.92 Å². The number of aromatic nitrogens is 3. The Bertz CT molecular complexity index is 1090. The molecule has 0 aromatic carbocycles. The number of oxazole rings is 1. The molecule has 0 radical (unpaired) electrons. The van der Waals surface area contributed by atoms with Crippen molar-refractivity contribution >= 4 is 5.91 Å². The van der Waals surface area contributed by atoms with E-state index in [1.165, 1.54) is 17.1 Å². The Morgan fingerprint density at radius 3 is 2.64 bits per heavy atom. The second-order valence-corrected chi connectivity index (χ2v) is 10.5. The fourth-order valence-corrected chi connectivity index (χ4v) is 5.94. The first-order valence-electron chi connectivity index (χ1n) is 12.8. The molecule has 36 heavy (non-hydrogen) atoms. The molecule has 2 aliphatic rings. The quantitative estimate of drug-likeness (QED) is 0.517. The number of rotatable bonds is 7. The maximum absolute atomic E-state index is 13.8. The van der Waals surface area contributed by atoms with Crippen molar-refractivity contribution in [1.82, 2.24) is 19.7 Å². The monoisotopic (exact) mass is 513 g/mol. The van der Waals surface area contributed by atoms with Crippen LogP contribution in [0, 0.1) is 29.1 Å². The summed E-state index contributed by atoms with van der Waals surface area (Å²) in [5, 5.41) is 14.7. The Kier molecular flexibility index (Phi) is 7.94. The summed E-state index contributed by atoms with van der Waals surface area (Å²) < 4.78 is 63.3. The van der Waals surface area contributed by atoms with Crippen LogP contribution in [0.1, 0.15) is 69.5 Å². The van der Waals surface area contributed by atoms with Crippen molar-refractivity contribution in [3.8, 4) is 0 Å². The summed E-state index contributed by atoms with van der Waals surface area (Å²) in [6.45, 7) is 4.78. The second-order valence-electron chi connectivity index (χ2n) is 10.5. The van der Waals surface area contributed by atoms with Gasteiger partial charge in [0.1, 0.15) is 12.4 Å². The van der Waals surface area contributed by atoms with Crippen LogP contribution >= 0.6 is 0 Å². The van der Waals surface area contributed by atoms with Crippen LogP contribution in [-0.4, -0.2) is 33.0 Å². The predicted octanol–water partition coefficient (Wildman–Crippen LogP) is 4.89. The molecule has 2 fully saturated rings. The molecule has 2 aliphatic carbocycles. The van der Waals surface area contributed by atoms with E-state index >= 15 is 0 Å². The van der Waals surface area contributed by atoms with Crippen molar-refractivity contribution < 1.29 is 26.8 Å². The molecule has 200 valence electrons. The number of nitrogens with zero attached hydrogens (tertiary/aromatic N) is 3. The molecular formula is C25H35F4N5O2. The second kappa shape index (κ2) is 10.8. The average molecular weight is 514 g/mol. The summed E-state index contributed by atoms with van der Waals surface area (Å²) in [4.78, 5) is 13.2. The molecular weight excluding hydrogens is 478 g/mol. The molecule has 6 unspecified atom stereocenters. The number of amides is 1. The lowest BCUT2D eigenvalue weighted by Gasteiger charge is -2.35. The molecule has 1 amide bonds. The Morgan fingerprint density at radius 2 is 2.00 bits per heavy atom. The zero-order valence-electron chi connectivity index (χ0n) is 20.7. The van der Waals surface area contributed by atoms with Crippen LogP contribution in [0.4, 0.5) is 17.6 Å². The van der Waals surface area contributed by atoms with Gasteiger partial charge in [0.2, 0.25) is 5.91 Å². The number of hydrogen-bond donors (Lipinski definition) is 2. The summed E-state index contributed by atoms with van der Waals surface area (Å²) in [7, 11) is 0. The van der Waals surface area contributed by atoms with Crippen molar-refractivity contribution in [3.63, 3.8) is 0 Å². The van der Waals surface area contributed by atoms with Crippen molar-refractivity contribution in [1.29, 1.82) is 5.41 Å². The summed E-state index contributed by atoms with van der Waals surface area (Å²) in [5.41, 5.74) is -0.793. The minimum atomic E-state index is -4.58. The molecule has 2 aromatic rings. The van der Waals surface area contributed by atoms with Gasteiger partial charge >= 0.3 is 6.18 Å². The summed E-state index contributed by atoms with van der Waals surface area (Å²) >= 11 is 0. The van der Waals surface area contributed by atoms with E-state index in [0.29, 0.717) is 51.7 Å². The molecule has 2 saturated carbocycles. The molecule has 2 N–H and O–H groups in total. The number of nitrogens with one attached hydrogen (secondary N) is 2. The lowest BCUT2D eigenvalue weighted by atomic mass is 9.72. The van der Waals surface area contributed by atoms with Crippen LogP contribution in [0.15, 0.2) is 23.1 Å². The standard InChI is InChI=1S/C25H35F4N5O2/c1-3-34-14-20(22(32-34)25(27,28)29)18-9-17(13-33-6-7-36-24(33)30)10-19(11-18)23(35)31-12-16-4-5-21(26)15(2)8-16/h6-7,14-19,21,30H,3-5,8-13H2,1-2H3,(H,31,35). The van der Waals surface area contributed by atoms with Crippen LogP contribution in [0.3, 0.4) is 0 Å². The zero-order chi connectivity index (χ0) is 26.0. The Hall–Kier alpha value is -2.59. The smallest absolute Gasteiger partial charge is 0.432 e. The number of aryl methyl sites for hydroxylation is 1. The topological polar surface area (TPSA) is 88.8 Å². The van der Waals surface area contributed by atoms with E-state index < -0.39 is 29.9 Å². The van der Waals surface area contributed by atoms with Crippen LogP contribution < -0.4 is 11.0 Å². The minimum absolute atomic E-state index is 0.0361. The molecule has 2 aromatic heterocycles. The van der Waals surface area contributed by atoms with Gasteiger partial charge in [0.25, 0.3) is 5.68 Å². The highest BCUT2D eigenvalue weighted by Gasteiger charge is 2.42. The van der Waals surface area contributed by atoms with E-state index in [-0.39, 0.29) is 34.9 Å². The molecule has 4 rings (SSSR count). The molecule has 0 saturated heterocycles. The van der Waals surface area contributed by atoms with Gasteiger partial charge in [0.05, 0.1) is 0 Å². The van der Waals surface area contributed by atoms with Crippen molar-refractivity contribution in [2.45, 2.75) is 83.7 Å². The Balaban J connectivity index is 1.52. The minimum Gasteiger partial charge on any atom is -0.432 e. The predicted molar refractivity (Wildman–Crippen MR) is 123 cm³/mol. The Morgan fingerprint density at radius 1 is 1.22 bits per heavy atom. The van der Waals surface area contributed by atoms with E-state index in [1.54, 1.807) is 17.7 Å². The van der Waals surface area contributed by atoms with Crippen LogP contribution in [0.25, 0.3) is 0 Å². The molecule has 0 bridgehead atoms. The Labute approximate surface area is 207 Å². The average Bonchev–Trinajstić information content (AvgIpc) is 3.46. The molecule has 6 atom stereocenters. The molecule has 11 heteroatoms. The van der Waals surface area contributed by atoms with Crippen molar-refractivity contribution in [2.24, 2.45) is 23.7 Å². The summed E-state index contributed by atoms with van der Waals surface area (Å²) in [5.74, 6) is -1.06. The third kappa shape index (κ3) is 6.03. The van der Waals surface area contributed by atoms with E-state index in [2.05, 4.69) is 10.4 Å². The third-order valence-corrected chi connectivity index (χ3v) is 7.87. The van der Waals surface area contributed by atoms with Gasteiger partial charge in [-0.1, -0.05) is 6.92 Å². The van der Waals surface area contributed by atoms with E-state index in [0.717, 1.165) is 6.42 Å². The largest absolute Gasteiger partial charge is 0.435 e. The van der Waals surface area contributed by atoms with Gasteiger partial charge in [-0.15, -0.1) is 0 Å².